The Morgan fingerprint density at radius 2 is 1.95 bits per heavy atom. The Kier molecular flexibility index (Phi) is 4.54. The standard InChI is InChI=1S/C14H18N4O2S/c1-10-4-5-13(21(19,20)15-3)8-14(10)17-9-12-6-7-16-11(2)18-12/h4-8,15,17H,9H2,1-3H3. The minimum atomic E-state index is -3.44. The molecule has 2 rings (SSSR count). The van der Waals surface area contributed by atoms with Crippen molar-refractivity contribution < 1.29 is 8.42 Å². The number of aromatic nitrogens is 2. The van der Waals surface area contributed by atoms with Crippen molar-refractivity contribution in [2.24, 2.45) is 0 Å². The molecule has 2 N–H and O–H groups in total. The van der Waals surface area contributed by atoms with E-state index in [0.717, 1.165) is 16.9 Å². The third kappa shape index (κ3) is 3.77. The van der Waals surface area contributed by atoms with Crippen LogP contribution in [0.25, 0.3) is 0 Å². The summed E-state index contributed by atoms with van der Waals surface area (Å²) in [6, 6.07) is 6.80. The molecule has 0 amide bonds. The van der Waals surface area contributed by atoms with Crippen LogP contribution >= 0.6 is 0 Å². The lowest BCUT2D eigenvalue weighted by atomic mass is 10.2. The van der Waals surface area contributed by atoms with Crippen LogP contribution in [-0.2, 0) is 16.6 Å². The predicted molar refractivity (Wildman–Crippen MR) is 81.5 cm³/mol. The molecule has 0 atom stereocenters. The molecule has 0 radical (unpaired) electrons. The van der Waals surface area contributed by atoms with Crippen molar-refractivity contribution >= 4 is 15.7 Å². The van der Waals surface area contributed by atoms with Gasteiger partial charge in [-0.25, -0.2) is 23.1 Å². The van der Waals surface area contributed by atoms with Crippen LogP contribution in [0.15, 0.2) is 35.4 Å². The van der Waals surface area contributed by atoms with Crippen molar-refractivity contribution in [3.05, 3.63) is 47.5 Å². The number of sulfonamides is 1. The van der Waals surface area contributed by atoms with E-state index >= 15 is 0 Å². The lowest BCUT2D eigenvalue weighted by Crippen LogP contribution is -2.18. The molecule has 1 aromatic heterocycles. The molecule has 0 saturated carbocycles. The predicted octanol–water partition coefficient (Wildman–Crippen LogP) is 1.61. The van der Waals surface area contributed by atoms with Gasteiger partial charge in [0.2, 0.25) is 10.0 Å². The molecule has 7 heteroatoms. The van der Waals surface area contributed by atoms with E-state index in [2.05, 4.69) is 20.0 Å². The zero-order chi connectivity index (χ0) is 15.5. The Bertz CT molecular complexity index is 744. The Labute approximate surface area is 124 Å². The molecule has 0 saturated heterocycles. The highest BCUT2D eigenvalue weighted by molar-refractivity contribution is 7.89. The number of nitrogens with one attached hydrogen (secondary N) is 2. The van der Waals surface area contributed by atoms with Gasteiger partial charge in [-0.15, -0.1) is 0 Å². The fourth-order valence-corrected chi connectivity index (χ4v) is 2.62. The topological polar surface area (TPSA) is 84.0 Å². The van der Waals surface area contributed by atoms with Crippen LogP contribution in [0.2, 0.25) is 0 Å². The molecule has 0 aliphatic heterocycles. The summed E-state index contributed by atoms with van der Waals surface area (Å²) in [5.74, 6) is 0.706. The van der Waals surface area contributed by atoms with Crippen molar-refractivity contribution in [2.45, 2.75) is 25.3 Å². The zero-order valence-electron chi connectivity index (χ0n) is 12.2. The lowest BCUT2D eigenvalue weighted by molar-refractivity contribution is 0.588. The van der Waals surface area contributed by atoms with Crippen molar-refractivity contribution in [3.8, 4) is 0 Å². The van der Waals surface area contributed by atoms with Gasteiger partial charge in [-0.2, -0.15) is 0 Å². The maximum absolute atomic E-state index is 11.8. The third-order valence-electron chi connectivity index (χ3n) is 3.08. The van der Waals surface area contributed by atoms with E-state index in [9.17, 15) is 8.42 Å². The molecular formula is C14H18N4O2S. The first-order valence-electron chi connectivity index (χ1n) is 6.49. The van der Waals surface area contributed by atoms with Crippen LogP contribution < -0.4 is 10.0 Å². The molecule has 0 fully saturated rings. The molecule has 1 heterocycles. The Balaban J connectivity index is 2.22. The van der Waals surface area contributed by atoms with Gasteiger partial charge in [-0.05, 0) is 44.7 Å². The number of rotatable bonds is 5. The summed E-state index contributed by atoms with van der Waals surface area (Å²) in [7, 11) is -2.05. The van der Waals surface area contributed by atoms with Gasteiger partial charge in [-0.1, -0.05) is 6.07 Å². The fourth-order valence-electron chi connectivity index (χ4n) is 1.87. The fraction of sp³-hybridized carbons (Fsp3) is 0.286. The molecule has 0 aliphatic carbocycles. The first-order valence-corrected chi connectivity index (χ1v) is 7.97. The number of hydrogen-bond acceptors (Lipinski definition) is 5. The van der Waals surface area contributed by atoms with Crippen LogP contribution in [0.3, 0.4) is 0 Å². The maximum Gasteiger partial charge on any atom is 0.240 e. The molecule has 112 valence electrons. The first kappa shape index (κ1) is 15.4. The van der Waals surface area contributed by atoms with Crippen LogP contribution in [0.1, 0.15) is 17.1 Å². The quantitative estimate of drug-likeness (QED) is 0.877. The van der Waals surface area contributed by atoms with Gasteiger partial charge in [0.05, 0.1) is 17.1 Å². The second-order valence-corrected chi connectivity index (χ2v) is 6.52. The van der Waals surface area contributed by atoms with E-state index in [-0.39, 0.29) is 4.90 Å². The average Bonchev–Trinajstić information content (AvgIpc) is 2.46. The first-order chi connectivity index (χ1) is 9.92. The van der Waals surface area contributed by atoms with Crippen molar-refractivity contribution in [3.63, 3.8) is 0 Å². The second-order valence-electron chi connectivity index (χ2n) is 4.63. The summed E-state index contributed by atoms with van der Waals surface area (Å²) in [6.45, 7) is 4.26. The minimum absolute atomic E-state index is 0.233. The van der Waals surface area contributed by atoms with Crippen LogP contribution in [0.5, 0.6) is 0 Å². The summed E-state index contributed by atoms with van der Waals surface area (Å²) in [5.41, 5.74) is 2.59. The Morgan fingerprint density at radius 3 is 2.62 bits per heavy atom. The Hall–Kier alpha value is -1.99. The molecule has 0 bridgehead atoms. The van der Waals surface area contributed by atoms with Crippen LogP contribution in [0.4, 0.5) is 5.69 Å². The van der Waals surface area contributed by atoms with E-state index in [1.165, 1.54) is 7.05 Å². The summed E-state index contributed by atoms with van der Waals surface area (Å²) in [6.07, 6.45) is 1.70. The van der Waals surface area contributed by atoms with E-state index in [4.69, 9.17) is 0 Å². The Morgan fingerprint density at radius 1 is 1.19 bits per heavy atom. The molecule has 0 unspecified atom stereocenters. The van der Waals surface area contributed by atoms with Crippen molar-refractivity contribution in [1.82, 2.24) is 14.7 Å². The van der Waals surface area contributed by atoms with Crippen LogP contribution in [-0.4, -0.2) is 25.4 Å². The molecule has 0 aliphatic rings. The van der Waals surface area contributed by atoms with Crippen LogP contribution in [0, 0.1) is 13.8 Å². The zero-order valence-corrected chi connectivity index (χ0v) is 13.0. The summed E-state index contributed by atoms with van der Waals surface area (Å²) < 4.78 is 26.0. The van der Waals surface area contributed by atoms with Gasteiger partial charge in [-0.3, -0.25) is 0 Å². The number of benzene rings is 1. The molecule has 0 spiro atoms. The smallest absolute Gasteiger partial charge is 0.240 e. The van der Waals surface area contributed by atoms with Gasteiger partial charge < -0.3 is 5.32 Å². The highest BCUT2D eigenvalue weighted by atomic mass is 32.2. The third-order valence-corrected chi connectivity index (χ3v) is 4.49. The molecule has 1 aromatic carbocycles. The highest BCUT2D eigenvalue weighted by Gasteiger charge is 2.12. The van der Waals surface area contributed by atoms with E-state index < -0.39 is 10.0 Å². The molecule has 6 nitrogen and oxygen atoms in total. The molecule has 21 heavy (non-hydrogen) atoms. The number of nitrogens with zero attached hydrogens (tertiary/aromatic N) is 2. The summed E-state index contributed by atoms with van der Waals surface area (Å²) >= 11 is 0. The monoisotopic (exact) mass is 306 g/mol. The summed E-state index contributed by atoms with van der Waals surface area (Å²) in [5, 5.41) is 3.21. The van der Waals surface area contributed by atoms with Gasteiger partial charge >= 0.3 is 0 Å². The normalized spacial score (nSPS) is 11.4. The van der Waals surface area contributed by atoms with Gasteiger partial charge in [0.15, 0.2) is 0 Å². The van der Waals surface area contributed by atoms with E-state index in [0.29, 0.717) is 12.4 Å². The highest BCUT2D eigenvalue weighted by Crippen LogP contribution is 2.20. The summed E-state index contributed by atoms with van der Waals surface area (Å²) in [4.78, 5) is 8.58. The number of anilines is 1. The molecule has 2 aromatic rings. The minimum Gasteiger partial charge on any atom is -0.379 e. The van der Waals surface area contributed by atoms with Gasteiger partial charge in [0.1, 0.15) is 5.82 Å². The second kappa shape index (κ2) is 6.19. The number of aryl methyl sites for hydroxylation is 2. The SMILES string of the molecule is CNS(=O)(=O)c1ccc(C)c(NCc2ccnc(C)n2)c1. The van der Waals surface area contributed by atoms with Crippen molar-refractivity contribution in [2.75, 3.05) is 12.4 Å². The van der Waals surface area contributed by atoms with Crippen molar-refractivity contribution in [1.29, 1.82) is 0 Å². The van der Waals surface area contributed by atoms with Gasteiger partial charge in [0.25, 0.3) is 0 Å². The lowest BCUT2D eigenvalue weighted by Gasteiger charge is -2.11. The molecular weight excluding hydrogens is 288 g/mol. The largest absolute Gasteiger partial charge is 0.379 e. The number of hydrogen-bond donors (Lipinski definition) is 2. The van der Waals surface area contributed by atoms with Gasteiger partial charge in [0, 0.05) is 11.9 Å². The van der Waals surface area contributed by atoms with E-state index in [1.807, 2.05) is 19.9 Å². The average molecular weight is 306 g/mol. The van der Waals surface area contributed by atoms with E-state index in [1.54, 1.807) is 24.4 Å². The maximum atomic E-state index is 11.8.